The van der Waals surface area contributed by atoms with Gasteiger partial charge in [-0.1, -0.05) is 116 Å². The Balaban J connectivity index is 1.08. The van der Waals surface area contributed by atoms with Gasteiger partial charge in [0.15, 0.2) is 5.82 Å². The molecule has 0 radical (unpaired) electrons. The van der Waals surface area contributed by atoms with E-state index in [9.17, 15) is 0 Å². The number of nitrogens with zero attached hydrogens (tertiary/aromatic N) is 3. The minimum Gasteiger partial charge on any atom is -0.487 e. The average Bonchev–Trinajstić information content (AvgIpc) is 3.59. The zero-order valence-corrected chi connectivity index (χ0v) is 27.2. The fraction of sp³-hybridized carbons (Fsp3) is 0.0222. The molecular weight excluding hydrogens is 615 g/mol. The van der Waals surface area contributed by atoms with Crippen LogP contribution in [0.4, 0.5) is 11.4 Å². The second-order valence-corrected chi connectivity index (χ2v) is 12.3. The molecule has 5 heteroatoms. The van der Waals surface area contributed by atoms with E-state index in [0.717, 1.165) is 78.0 Å². The van der Waals surface area contributed by atoms with Crippen LogP contribution in [0.1, 0.15) is 5.56 Å². The Morgan fingerprint density at radius 1 is 0.620 bits per heavy atom. The SMILES string of the molecule is C=C1/C=C\C=C(\N(c2ccc(-c3cnc(-c4cccc5c4oc4ccccc45)nc3)cc2)c2cccc3ccccc23)COc2ccccc21. The highest BCUT2D eigenvalue weighted by Gasteiger charge is 2.20. The summed E-state index contributed by atoms with van der Waals surface area (Å²) < 4.78 is 12.7. The summed E-state index contributed by atoms with van der Waals surface area (Å²) in [4.78, 5) is 11.9. The van der Waals surface area contributed by atoms with Crippen LogP contribution in [0.2, 0.25) is 0 Å². The Morgan fingerprint density at radius 3 is 2.20 bits per heavy atom. The topological polar surface area (TPSA) is 51.4 Å². The zero-order valence-electron chi connectivity index (χ0n) is 27.2. The van der Waals surface area contributed by atoms with E-state index in [0.29, 0.717) is 12.4 Å². The summed E-state index contributed by atoms with van der Waals surface area (Å²) in [5.41, 5.74) is 9.43. The molecule has 3 heterocycles. The maximum absolute atomic E-state index is 6.48. The van der Waals surface area contributed by atoms with Crippen molar-refractivity contribution in [1.29, 1.82) is 0 Å². The molecule has 0 fully saturated rings. The van der Waals surface area contributed by atoms with Gasteiger partial charge >= 0.3 is 0 Å². The number of hydrogen-bond donors (Lipinski definition) is 0. The van der Waals surface area contributed by atoms with Crippen LogP contribution >= 0.6 is 0 Å². The highest BCUT2D eigenvalue weighted by Crippen LogP contribution is 2.38. The first kappa shape index (κ1) is 29.4. The molecule has 0 amide bonds. The molecule has 5 nitrogen and oxygen atoms in total. The van der Waals surface area contributed by atoms with Gasteiger partial charge in [-0.25, -0.2) is 9.97 Å². The monoisotopic (exact) mass is 645 g/mol. The molecule has 1 aliphatic heterocycles. The summed E-state index contributed by atoms with van der Waals surface area (Å²) in [5, 5.41) is 4.46. The maximum Gasteiger partial charge on any atom is 0.162 e. The Morgan fingerprint density at radius 2 is 1.32 bits per heavy atom. The fourth-order valence-corrected chi connectivity index (χ4v) is 6.77. The van der Waals surface area contributed by atoms with Gasteiger partial charge in [-0.3, -0.25) is 0 Å². The number of furan rings is 1. The number of hydrogen-bond acceptors (Lipinski definition) is 5. The fourth-order valence-electron chi connectivity index (χ4n) is 6.77. The standard InChI is InChI=1S/C45H31N3O2/c1-30-11-8-14-35(29-49-42-21-6-4-15-36(30)42)48(41-20-9-13-32-12-2-3-16-37(32)41)34-25-23-31(24-26-34)33-27-46-45(47-28-33)40-19-10-18-39-38-17-5-7-22-43(38)50-44(39)40/h2-28H,1,29H2/b11-8-,35-14+. The number of rotatable bonds is 5. The highest BCUT2D eigenvalue weighted by atomic mass is 16.5. The molecule has 0 N–H and O–H groups in total. The number of anilines is 2. The summed E-state index contributed by atoms with van der Waals surface area (Å²) in [5.74, 6) is 1.43. The van der Waals surface area contributed by atoms with Gasteiger partial charge in [0.25, 0.3) is 0 Å². The molecule has 6 aromatic carbocycles. The number of ether oxygens (including phenoxy) is 1. The molecule has 0 saturated carbocycles. The van der Waals surface area contributed by atoms with Gasteiger partial charge in [0, 0.05) is 45.4 Å². The van der Waals surface area contributed by atoms with E-state index >= 15 is 0 Å². The Kier molecular flexibility index (Phi) is 7.29. The lowest BCUT2D eigenvalue weighted by Gasteiger charge is -2.29. The lowest BCUT2D eigenvalue weighted by atomic mass is 10.0. The van der Waals surface area contributed by atoms with Gasteiger partial charge in [-0.2, -0.15) is 0 Å². The third kappa shape index (κ3) is 5.22. The van der Waals surface area contributed by atoms with Crippen molar-refractivity contribution in [3.63, 3.8) is 0 Å². The van der Waals surface area contributed by atoms with Crippen molar-refractivity contribution in [2.24, 2.45) is 0 Å². The van der Waals surface area contributed by atoms with Crippen molar-refractivity contribution in [3.05, 3.63) is 182 Å². The maximum atomic E-state index is 6.48. The largest absolute Gasteiger partial charge is 0.487 e. The van der Waals surface area contributed by atoms with Crippen molar-refractivity contribution < 1.29 is 9.15 Å². The summed E-state index contributed by atoms with van der Waals surface area (Å²) in [7, 11) is 0. The van der Waals surface area contributed by atoms with Crippen LogP contribution in [0.3, 0.4) is 0 Å². The quantitative estimate of drug-likeness (QED) is 0.186. The number of para-hydroxylation sites is 3. The third-order valence-electron chi connectivity index (χ3n) is 9.25. The number of benzene rings is 6. The van der Waals surface area contributed by atoms with E-state index < -0.39 is 0 Å². The van der Waals surface area contributed by atoms with Gasteiger partial charge in [0.2, 0.25) is 0 Å². The molecule has 0 spiro atoms. The van der Waals surface area contributed by atoms with Gasteiger partial charge < -0.3 is 14.1 Å². The van der Waals surface area contributed by atoms with Gasteiger partial charge in [-0.15, -0.1) is 0 Å². The van der Waals surface area contributed by atoms with Crippen LogP contribution in [0.25, 0.3) is 60.8 Å². The van der Waals surface area contributed by atoms with Crippen LogP contribution in [0.5, 0.6) is 5.75 Å². The molecule has 8 aromatic rings. The first-order valence-electron chi connectivity index (χ1n) is 16.6. The predicted octanol–water partition coefficient (Wildman–Crippen LogP) is 11.5. The van der Waals surface area contributed by atoms with Gasteiger partial charge in [-0.05, 0) is 59.0 Å². The highest BCUT2D eigenvalue weighted by molar-refractivity contribution is 6.09. The van der Waals surface area contributed by atoms with Crippen LogP contribution in [-0.4, -0.2) is 16.6 Å². The van der Waals surface area contributed by atoms with E-state index in [1.165, 1.54) is 5.39 Å². The van der Waals surface area contributed by atoms with E-state index in [1.54, 1.807) is 0 Å². The average molecular weight is 646 g/mol. The Hall–Kier alpha value is -6.72. The molecule has 0 aliphatic carbocycles. The van der Waals surface area contributed by atoms with Gasteiger partial charge in [0.05, 0.1) is 16.9 Å². The minimum atomic E-state index is 0.368. The molecule has 2 aromatic heterocycles. The van der Waals surface area contributed by atoms with Gasteiger partial charge in [0.1, 0.15) is 23.5 Å². The molecule has 50 heavy (non-hydrogen) atoms. The second kappa shape index (κ2) is 12.4. The smallest absolute Gasteiger partial charge is 0.162 e. The summed E-state index contributed by atoms with van der Waals surface area (Å²) in [6, 6.07) is 45.7. The summed E-state index contributed by atoms with van der Waals surface area (Å²) in [6.07, 6.45) is 9.97. The van der Waals surface area contributed by atoms with E-state index in [1.807, 2.05) is 73.1 Å². The van der Waals surface area contributed by atoms with E-state index in [2.05, 4.69) is 102 Å². The normalized spacial score (nSPS) is 14.6. The molecule has 0 unspecified atom stereocenters. The van der Waals surface area contributed by atoms with Crippen molar-refractivity contribution in [3.8, 4) is 28.3 Å². The molecule has 9 rings (SSSR count). The molecule has 0 atom stereocenters. The third-order valence-corrected chi connectivity index (χ3v) is 9.25. The lowest BCUT2D eigenvalue weighted by Crippen LogP contribution is -2.22. The van der Waals surface area contributed by atoms with E-state index in [-0.39, 0.29) is 0 Å². The van der Waals surface area contributed by atoms with Crippen molar-refractivity contribution in [2.45, 2.75) is 0 Å². The van der Waals surface area contributed by atoms with E-state index in [4.69, 9.17) is 19.1 Å². The molecule has 238 valence electrons. The molecular formula is C45H31N3O2. The van der Waals surface area contributed by atoms with Crippen molar-refractivity contribution in [1.82, 2.24) is 9.97 Å². The summed E-state index contributed by atoms with van der Waals surface area (Å²) in [6.45, 7) is 4.65. The molecule has 1 aliphatic rings. The van der Waals surface area contributed by atoms with Crippen LogP contribution in [0, 0.1) is 0 Å². The zero-order chi connectivity index (χ0) is 33.4. The number of fused-ring (bicyclic) bond motifs is 5. The number of allylic oxidation sites excluding steroid dienone is 4. The van der Waals surface area contributed by atoms with Crippen molar-refractivity contribution in [2.75, 3.05) is 11.5 Å². The van der Waals surface area contributed by atoms with Crippen LogP contribution in [0.15, 0.2) is 181 Å². The first-order chi connectivity index (χ1) is 24.7. The Labute approximate surface area is 289 Å². The summed E-state index contributed by atoms with van der Waals surface area (Å²) >= 11 is 0. The number of aromatic nitrogens is 2. The van der Waals surface area contributed by atoms with Crippen LogP contribution < -0.4 is 9.64 Å². The molecule has 0 bridgehead atoms. The Bertz CT molecular complexity index is 2610. The lowest BCUT2D eigenvalue weighted by molar-refractivity contribution is 0.349. The first-order valence-corrected chi connectivity index (χ1v) is 16.6. The van der Waals surface area contributed by atoms with Crippen LogP contribution in [-0.2, 0) is 0 Å². The molecule has 0 saturated heterocycles. The predicted molar refractivity (Wildman–Crippen MR) is 204 cm³/mol. The second-order valence-electron chi connectivity index (χ2n) is 12.3. The van der Waals surface area contributed by atoms with Crippen molar-refractivity contribution >= 4 is 49.7 Å². The minimum absolute atomic E-state index is 0.368.